The van der Waals surface area contributed by atoms with Crippen LogP contribution in [0, 0.1) is 13.8 Å². The van der Waals surface area contributed by atoms with Gasteiger partial charge >= 0.3 is 6.09 Å². The average molecular weight is 212 g/mol. The van der Waals surface area contributed by atoms with Crippen molar-refractivity contribution in [3.8, 4) is 0 Å². The molecular formula is C10H16N2O3. The van der Waals surface area contributed by atoms with Gasteiger partial charge < -0.3 is 14.6 Å². The second-order valence-corrected chi connectivity index (χ2v) is 3.20. The standard InChI is InChI=1S/C10H16N2O3/c1-4-14-10(13)11-6-5-9-7(2)12-15-8(9)3/h4-6H2,1-3H3,(H,11,13). The minimum Gasteiger partial charge on any atom is -0.450 e. The zero-order valence-electron chi connectivity index (χ0n) is 9.29. The molecule has 0 saturated carbocycles. The van der Waals surface area contributed by atoms with Crippen molar-refractivity contribution in [3.05, 3.63) is 17.0 Å². The van der Waals surface area contributed by atoms with E-state index in [1.165, 1.54) is 0 Å². The molecule has 0 aliphatic heterocycles. The molecule has 0 unspecified atom stereocenters. The third-order valence-electron chi connectivity index (χ3n) is 2.10. The minimum absolute atomic E-state index is 0.385. The molecule has 0 aromatic carbocycles. The summed E-state index contributed by atoms with van der Waals surface area (Å²) in [6.07, 6.45) is 0.323. The van der Waals surface area contributed by atoms with Gasteiger partial charge in [-0.25, -0.2) is 4.79 Å². The normalized spacial score (nSPS) is 10.1. The molecule has 15 heavy (non-hydrogen) atoms. The summed E-state index contributed by atoms with van der Waals surface area (Å²) in [4.78, 5) is 11.0. The maximum absolute atomic E-state index is 11.0. The van der Waals surface area contributed by atoms with Gasteiger partial charge in [-0.05, 0) is 27.2 Å². The fraction of sp³-hybridized carbons (Fsp3) is 0.600. The van der Waals surface area contributed by atoms with Gasteiger partial charge in [0.2, 0.25) is 0 Å². The predicted octanol–water partition coefficient (Wildman–Crippen LogP) is 1.58. The lowest BCUT2D eigenvalue weighted by Crippen LogP contribution is -2.26. The van der Waals surface area contributed by atoms with Crippen LogP contribution in [-0.4, -0.2) is 24.4 Å². The third kappa shape index (κ3) is 3.27. The molecule has 0 atom stereocenters. The van der Waals surface area contributed by atoms with Crippen LogP contribution in [0.3, 0.4) is 0 Å². The smallest absolute Gasteiger partial charge is 0.407 e. The summed E-state index contributed by atoms with van der Waals surface area (Å²) in [7, 11) is 0. The van der Waals surface area contributed by atoms with Gasteiger partial charge in [0.1, 0.15) is 5.76 Å². The number of nitrogens with one attached hydrogen (secondary N) is 1. The number of carbonyl (C=O) groups is 1. The molecule has 1 amide bonds. The molecule has 0 radical (unpaired) electrons. The number of amides is 1. The van der Waals surface area contributed by atoms with Crippen molar-refractivity contribution >= 4 is 6.09 Å². The second-order valence-electron chi connectivity index (χ2n) is 3.20. The number of alkyl carbamates (subject to hydrolysis) is 1. The first-order valence-electron chi connectivity index (χ1n) is 4.97. The van der Waals surface area contributed by atoms with Crippen molar-refractivity contribution in [3.63, 3.8) is 0 Å². The lowest BCUT2D eigenvalue weighted by molar-refractivity contribution is 0.152. The Morgan fingerprint density at radius 3 is 2.80 bits per heavy atom. The van der Waals surface area contributed by atoms with Crippen LogP contribution in [0.5, 0.6) is 0 Å². The Morgan fingerprint density at radius 2 is 2.27 bits per heavy atom. The number of hydrogen-bond donors (Lipinski definition) is 1. The Kier molecular flexibility index (Phi) is 4.15. The first-order valence-corrected chi connectivity index (χ1v) is 4.97. The predicted molar refractivity (Wildman–Crippen MR) is 54.7 cm³/mol. The Bertz CT molecular complexity index is 314. The molecule has 0 spiro atoms. The zero-order chi connectivity index (χ0) is 11.3. The maximum atomic E-state index is 11.0. The van der Waals surface area contributed by atoms with Gasteiger partial charge in [0.05, 0.1) is 12.3 Å². The molecule has 0 aliphatic carbocycles. The summed E-state index contributed by atoms with van der Waals surface area (Å²) >= 11 is 0. The van der Waals surface area contributed by atoms with E-state index in [1.54, 1.807) is 6.92 Å². The van der Waals surface area contributed by atoms with Crippen LogP contribution in [0.25, 0.3) is 0 Å². The summed E-state index contributed by atoms with van der Waals surface area (Å²) in [5.74, 6) is 0.804. The lowest BCUT2D eigenvalue weighted by atomic mass is 10.1. The quantitative estimate of drug-likeness (QED) is 0.823. The molecular weight excluding hydrogens is 196 g/mol. The largest absolute Gasteiger partial charge is 0.450 e. The number of aromatic nitrogens is 1. The van der Waals surface area contributed by atoms with Crippen LogP contribution < -0.4 is 5.32 Å². The van der Waals surface area contributed by atoms with Crippen molar-refractivity contribution in [1.29, 1.82) is 0 Å². The van der Waals surface area contributed by atoms with Gasteiger partial charge in [-0.15, -0.1) is 0 Å². The highest BCUT2D eigenvalue weighted by Gasteiger charge is 2.08. The number of hydrogen-bond acceptors (Lipinski definition) is 4. The van der Waals surface area contributed by atoms with E-state index in [-0.39, 0.29) is 6.09 Å². The van der Waals surface area contributed by atoms with E-state index in [9.17, 15) is 4.79 Å². The van der Waals surface area contributed by atoms with Crippen molar-refractivity contribution in [2.45, 2.75) is 27.2 Å². The second kappa shape index (κ2) is 5.38. The van der Waals surface area contributed by atoms with E-state index in [0.29, 0.717) is 19.6 Å². The molecule has 5 nitrogen and oxygen atoms in total. The first-order chi connectivity index (χ1) is 7.15. The average Bonchev–Trinajstić information content (AvgIpc) is 2.49. The van der Waals surface area contributed by atoms with Gasteiger partial charge in [0, 0.05) is 12.1 Å². The van der Waals surface area contributed by atoms with Gasteiger partial charge in [-0.2, -0.15) is 0 Å². The number of nitrogens with zero attached hydrogens (tertiary/aromatic N) is 1. The Hall–Kier alpha value is -1.52. The highest BCUT2D eigenvalue weighted by atomic mass is 16.5. The SMILES string of the molecule is CCOC(=O)NCCc1c(C)noc1C. The summed E-state index contributed by atoms with van der Waals surface area (Å²) in [6, 6.07) is 0. The molecule has 84 valence electrons. The molecule has 1 rings (SSSR count). The van der Waals surface area contributed by atoms with Crippen LogP contribution in [-0.2, 0) is 11.2 Å². The molecule has 0 saturated heterocycles. The number of rotatable bonds is 4. The van der Waals surface area contributed by atoms with Crippen LogP contribution in [0.1, 0.15) is 23.9 Å². The molecule has 1 aromatic rings. The van der Waals surface area contributed by atoms with Crippen molar-refractivity contribution in [2.75, 3.05) is 13.2 Å². The van der Waals surface area contributed by atoms with Crippen LogP contribution >= 0.6 is 0 Å². The minimum atomic E-state index is -0.385. The summed E-state index contributed by atoms with van der Waals surface area (Å²) in [6.45, 7) is 6.43. The van der Waals surface area contributed by atoms with Crippen molar-refractivity contribution < 1.29 is 14.1 Å². The van der Waals surface area contributed by atoms with E-state index in [2.05, 4.69) is 10.5 Å². The van der Waals surface area contributed by atoms with E-state index in [1.807, 2.05) is 13.8 Å². The number of carbonyl (C=O) groups excluding carboxylic acids is 1. The highest BCUT2D eigenvalue weighted by Crippen LogP contribution is 2.11. The lowest BCUT2D eigenvalue weighted by Gasteiger charge is -2.04. The Labute approximate surface area is 88.8 Å². The van der Waals surface area contributed by atoms with Crippen molar-refractivity contribution in [1.82, 2.24) is 10.5 Å². The summed E-state index contributed by atoms with van der Waals surface area (Å²) in [5, 5.41) is 6.48. The molecule has 5 heteroatoms. The molecule has 0 bridgehead atoms. The van der Waals surface area contributed by atoms with Gasteiger partial charge in [0.15, 0.2) is 0 Å². The van der Waals surface area contributed by atoms with Gasteiger partial charge in [0.25, 0.3) is 0 Å². The number of aryl methyl sites for hydroxylation is 2. The molecule has 0 aliphatic rings. The zero-order valence-corrected chi connectivity index (χ0v) is 9.29. The Morgan fingerprint density at radius 1 is 1.53 bits per heavy atom. The van der Waals surface area contributed by atoms with E-state index >= 15 is 0 Å². The van der Waals surface area contributed by atoms with E-state index < -0.39 is 0 Å². The molecule has 1 aromatic heterocycles. The van der Waals surface area contributed by atoms with Crippen LogP contribution in [0.15, 0.2) is 4.52 Å². The Balaban J connectivity index is 2.35. The fourth-order valence-corrected chi connectivity index (χ4v) is 1.33. The number of ether oxygens (including phenoxy) is 1. The van der Waals surface area contributed by atoms with E-state index in [4.69, 9.17) is 9.26 Å². The van der Waals surface area contributed by atoms with Crippen molar-refractivity contribution in [2.24, 2.45) is 0 Å². The molecule has 0 fully saturated rings. The monoisotopic (exact) mass is 212 g/mol. The van der Waals surface area contributed by atoms with Crippen LogP contribution in [0.4, 0.5) is 4.79 Å². The maximum Gasteiger partial charge on any atom is 0.407 e. The summed E-state index contributed by atoms with van der Waals surface area (Å²) < 4.78 is 9.74. The summed E-state index contributed by atoms with van der Waals surface area (Å²) in [5.41, 5.74) is 1.92. The molecule has 1 heterocycles. The van der Waals surface area contributed by atoms with Crippen LogP contribution in [0.2, 0.25) is 0 Å². The third-order valence-corrected chi connectivity index (χ3v) is 2.10. The topological polar surface area (TPSA) is 64.4 Å². The van der Waals surface area contributed by atoms with Gasteiger partial charge in [-0.1, -0.05) is 5.16 Å². The highest BCUT2D eigenvalue weighted by molar-refractivity contribution is 5.67. The fourth-order valence-electron chi connectivity index (χ4n) is 1.33. The first kappa shape index (κ1) is 11.6. The molecule has 1 N–H and O–H groups in total. The van der Waals surface area contributed by atoms with Gasteiger partial charge in [-0.3, -0.25) is 0 Å². The van der Waals surface area contributed by atoms with E-state index in [0.717, 1.165) is 17.0 Å².